The predicted molar refractivity (Wildman–Crippen MR) is 245 cm³/mol. The van der Waals surface area contributed by atoms with Crippen LogP contribution in [0, 0.1) is 16.7 Å². The number of benzene rings is 2. The molecule has 1 saturated heterocycles. The van der Waals surface area contributed by atoms with Gasteiger partial charge in [-0.25, -0.2) is 14.4 Å². The fourth-order valence-electron chi connectivity index (χ4n) is 10.7. The maximum absolute atomic E-state index is 16.3. The Labute approximate surface area is 402 Å². The predicted octanol–water partition coefficient (Wildman–Crippen LogP) is 4.09. The van der Waals surface area contributed by atoms with Gasteiger partial charge in [0.2, 0.25) is 0 Å². The Morgan fingerprint density at radius 1 is 0.928 bits per heavy atom. The molecule has 2 bridgehead atoms. The number of hydrogen-bond donors (Lipinski definition) is 5. The lowest BCUT2D eigenvalue weighted by Crippen LogP contribution is -2.82. The SMILES string of the molecule is CCOCCO[C@H]1C(=O)[C@@]2(C)C([C@H](OC(=O)c3ccccc3)[C@]3(O)C[C@H](OC(=O)[C@H](O)[C@@H](NC(=O)OC(C)(C)C)c4ccccc4)C(C)=C1C3(C)C)[C@]1(OC(C)=O)CO[C@@H]1C[C@@H]2OC(C)(CO)CO. The number of esters is 3. The first-order valence-electron chi connectivity index (χ1n) is 23.4. The average Bonchev–Trinajstić information content (AvgIpc) is 3.29. The highest BCUT2D eigenvalue weighted by Gasteiger charge is 2.78. The lowest BCUT2D eigenvalue weighted by Gasteiger charge is -2.68. The van der Waals surface area contributed by atoms with Crippen LogP contribution in [-0.4, -0.2) is 149 Å². The summed E-state index contributed by atoms with van der Waals surface area (Å²) in [6, 6.07) is 14.7. The lowest BCUT2D eigenvalue weighted by atomic mass is 9.44. The van der Waals surface area contributed by atoms with Crippen LogP contribution in [0.2, 0.25) is 0 Å². The van der Waals surface area contributed by atoms with Gasteiger partial charge in [0.1, 0.15) is 41.2 Å². The smallest absolute Gasteiger partial charge is 0.408 e. The highest BCUT2D eigenvalue weighted by Crippen LogP contribution is 2.65. The Morgan fingerprint density at radius 3 is 2.10 bits per heavy atom. The van der Waals surface area contributed by atoms with Gasteiger partial charge in [-0.2, -0.15) is 0 Å². The molecule has 4 aliphatic rings. The summed E-state index contributed by atoms with van der Waals surface area (Å²) in [5.74, 6) is -5.13. The van der Waals surface area contributed by atoms with Crippen LogP contribution in [0.4, 0.5) is 4.79 Å². The van der Waals surface area contributed by atoms with E-state index in [0.29, 0.717) is 12.2 Å². The molecular formula is C51H69NO17. The van der Waals surface area contributed by atoms with Crippen molar-refractivity contribution in [3.05, 3.63) is 82.9 Å². The van der Waals surface area contributed by atoms with Gasteiger partial charge in [0, 0.05) is 31.8 Å². The molecule has 18 nitrogen and oxygen atoms in total. The summed E-state index contributed by atoms with van der Waals surface area (Å²) in [4.78, 5) is 71.9. The van der Waals surface area contributed by atoms with Gasteiger partial charge in [0.25, 0.3) is 0 Å². The monoisotopic (exact) mass is 967 g/mol. The summed E-state index contributed by atoms with van der Waals surface area (Å²) in [6.45, 7) is 14.3. The molecule has 2 aromatic rings. The second-order valence-corrected chi connectivity index (χ2v) is 20.5. The van der Waals surface area contributed by atoms with Crippen LogP contribution in [0.5, 0.6) is 0 Å². The lowest BCUT2D eigenvalue weighted by molar-refractivity contribution is -0.355. The minimum absolute atomic E-state index is 0.0330. The molecule has 69 heavy (non-hydrogen) atoms. The second kappa shape index (κ2) is 20.5. The molecule has 0 aromatic heterocycles. The van der Waals surface area contributed by atoms with Crippen molar-refractivity contribution >= 4 is 29.8 Å². The number of aliphatic hydroxyl groups excluding tert-OH is 3. The van der Waals surface area contributed by atoms with E-state index < -0.39 is 131 Å². The maximum Gasteiger partial charge on any atom is 0.408 e. The van der Waals surface area contributed by atoms with Crippen molar-refractivity contribution in [3.63, 3.8) is 0 Å². The number of hydrogen-bond acceptors (Lipinski definition) is 17. The zero-order valence-corrected chi connectivity index (χ0v) is 41.1. The first-order valence-corrected chi connectivity index (χ1v) is 23.4. The zero-order valence-electron chi connectivity index (χ0n) is 41.1. The molecule has 18 heteroatoms. The largest absolute Gasteiger partial charge is 0.456 e. The van der Waals surface area contributed by atoms with E-state index in [-0.39, 0.29) is 43.0 Å². The Hall–Kier alpha value is -4.79. The van der Waals surface area contributed by atoms with Crippen LogP contribution in [-0.2, 0) is 52.3 Å². The van der Waals surface area contributed by atoms with E-state index in [1.807, 2.05) is 0 Å². The third-order valence-corrected chi connectivity index (χ3v) is 14.3. The van der Waals surface area contributed by atoms with Crippen molar-refractivity contribution in [2.24, 2.45) is 16.7 Å². The summed E-state index contributed by atoms with van der Waals surface area (Å²) in [5.41, 5.74) is -9.51. The number of nitrogens with one attached hydrogen (secondary N) is 1. The van der Waals surface area contributed by atoms with E-state index in [9.17, 15) is 39.6 Å². The molecule has 1 aliphatic heterocycles. The van der Waals surface area contributed by atoms with Gasteiger partial charge in [0.05, 0.1) is 62.1 Å². The molecule has 11 atom stereocenters. The summed E-state index contributed by atoms with van der Waals surface area (Å²) in [7, 11) is 0. The fraction of sp³-hybridized carbons (Fsp3) is 0.627. The third-order valence-electron chi connectivity index (χ3n) is 14.3. The molecule has 3 fully saturated rings. The summed E-state index contributed by atoms with van der Waals surface area (Å²) < 4.78 is 49.5. The maximum atomic E-state index is 16.3. The zero-order chi connectivity index (χ0) is 50.9. The van der Waals surface area contributed by atoms with E-state index in [0.717, 1.165) is 0 Å². The number of carbonyl (C=O) groups is 5. The Bertz CT molecular complexity index is 2220. The Kier molecular flexibility index (Phi) is 15.9. The highest BCUT2D eigenvalue weighted by atomic mass is 16.6. The van der Waals surface area contributed by atoms with Crippen molar-refractivity contribution < 1.29 is 82.3 Å². The average molecular weight is 968 g/mol. The number of aliphatic hydroxyl groups is 4. The minimum atomic E-state index is -2.38. The Balaban J connectivity index is 1.59. The summed E-state index contributed by atoms with van der Waals surface area (Å²) >= 11 is 0. The Morgan fingerprint density at radius 2 is 1.55 bits per heavy atom. The number of Topliss-reactive ketones (excluding diaryl/α,β-unsaturated/α-hetero) is 1. The number of rotatable bonds is 17. The molecule has 0 radical (unpaired) electrons. The van der Waals surface area contributed by atoms with Crippen molar-refractivity contribution in [2.45, 2.75) is 147 Å². The first-order chi connectivity index (χ1) is 32.3. The number of fused-ring (bicyclic) bond motifs is 5. The fourth-order valence-corrected chi connectivity index (χ4v) is 10.7. The molecular weight excluding hydrogens is 899 g/mol. The standard InChI is InChI=1S/C51H69NO17/c1-11-62-22-23-63-39-36-29(2)33(65-44(59)38(56)37(31-18-14-12-15-19-31)52-45(60)69-46(4,5)6)25-51(61,47(36,7)8)42(66-43(58)32-20-16-13-17-21-32)40-49(10,41(39)57)34(68-48(9,26-53)27-54)24-35-50(40,28-64-35)67-30(3)55/h12-21,33-35,37-40,42,53-54,56,61H,11,22-28H2,1-10H3,(H,52,60)/t33-,34-,35+,37-,38+,39+,40?,42-,49+,50-,51+/m0/s1. The topological polar surface area (TPSA) is 252 Å². The van der Waals surface area contributed by atoms with Crippen LogP contribution in [0.3, 0.4) is 0 Å². The van der Waals surface area contributed by atoms with Gasteiger partial charge in [0.15, 0.2) is 17.5 Å². The molecule has 1 amide bonds. The van der Waals surface area contributed by atoms with Gasteiger partial charge in [-0.1, -0.05) is 62.4 Å². The van der Waals surface area contributed by atoms with E-state index >= 15 is 4.79 Å². The number of alkyl carbamates (subject to hydrolysis) is 1. The molecule has 380 valence electrons. The molecule has 0 spiro atoms. The van der Waals surface area contributed by atoms with Crippen molar-refractivity contribution in [1.29, 1.82) is 0 Å². The molecule has 3 aliphatic carbocycles. The van der Waals surface area contributed by atoms with E-state index in [1.165, 1.54) is 26.0 Å². The molecule has 5 N–H and O–H groups in total. The van der Waals surface area contributed by atoms with Gasteiger partial charge in [-0.05, 0) is 77.3 Å². The summed E-state index contributed by atoms with van der Waals surface area (Å²) in [6.07, 6.45) is -10.8. The highest BCUT2D eigenvalue weighted by molar-refractivity contribution is 5.94. The van der Waals surface area contributed by atoms with Gasteiger partial charge >= 0.3 is 24.0 Å². The quantitative estimate of drug-likeness (QED) is 0.0648. The minimum Gasteiger partial charge on any atom is -0.456 e. The van der Waals surface area contributed by atoms with Gasteiger partial charge < -0.3 is 63.6 Å². The molecule has 6 rings (SSSR count). The third kappa shape index (κ3) is 10.2. The van der Waals surface area contributed by atoms with Crippen LogP contribution >= 0.6 is 0 Å². The van der Waals surface area contributed by atoms with Crippen LogP contribution in [0.1, 0.15) is 104 Å². The van der Waals surface area contributed by atoms with Gasteiger partial charge in [-0.15, -0.1) is 0 Å². The first kappa shape index (κ1) is 53.6. The number of ether oxygens (including phenoxy) is 8. The van der Waals surface area contributed by atoms with E-state index in [1.54, 1.807) is 104 Å². The number of carbonyl (C=O) groups excluding carboxylic acids is 5. The molecule has 2 saturated carbocycles. The van der Waals surface area contributed by atoms with Gasteiger partial charge in [-0.3, -0.25) is 9.59 Å². The molecule has 2 aromatic carbocycles. The molecule has 1 unspecified atom stereocenters. The van der Waals surface area contributed by atoms with Crippen molar-refractivity contribution in [1.82, 2.24) is 5.32 Å². The summed E-state index contributed by atoms with van der Waals surface area (Å²) in [5, 5.41) is 49.7. The van der Waals surface area contributed by atoms with Crippen molar-refractivity contribution in [3.8, 4) is 0 Å². The van der Waals surface area contributed by atoms with Crippen LogP contribution in [0.25, 0.3) is 0 Å². The van der Waals surface area contributed by atoms with E-state index in [4.69, 9.17) is 37.9 Å². The number of ketones is 1. The molecule has 1 heterocycles. The second-order valence-electron chi connectivity index (χ2n) is 20.5. The van der Waals surface area contributed by atoms with Crippen LogP contribution in [0.15, 0.2) is 71.8 Å². The normalized spacial score (nSPS) is 30.5. The van der Waals surface area contributed by atoms with Crippen molar-refractivity contribution in [2.75, 3.05) is 39.6 Å². The number of amides is 1. The van der Waals surface area contributed by atoms with E-state index in [2.05, 4.69) is 5.32 Å². The van der Waals surface area contributed by atoms with Crippen LogP contribution < -0.4 is 5.32 Å².